The van der Waals surface area contributed by atoms with E-state index in [1.54, 1.807) is 0 Å². The molecule has 0 atom stereocenters. The standard InChI is InChI=1S/C15H26N2O2.C4H9N.C4H11N/c1-4-7-8-17-13-10-12(18-6-3)11-14(15(13)16)19-9-5-2;1-2-4-5-3-1;1-3-5-4-2/h10-11,17H,4-9,16H2,1-3H3;5H,1-4H2;5H,3-4H2,1-2H3. The Kier molecular flexibility index (Phi) is 18.5. The van der Waals surface area contributed by atoms with Gasteiger partial charge in [0, 0.05) is 18.7 Å². The van der Waals surface area contributed by atoms with Gasteiger partial charge in [-0.1, -0.05) is 34.1 Å². The predicted molar refractivity (Wildman–Crippen MR) is 128 cm³/mol. The maximum Gasteiger partial charge on any atom is 0.147 e. The third-order valence-electron chi connectivity index (χ3n) is 4.19. The fourth-order valence-corrected chi connectivity index (χ4v) is 2.60. The zero-order valence-corrected chi connectivity index (χ0v) is 19.5. The van der Waals surface area contributed by atoms with E-state index in [4.69, 9.17) is 15.2 Å². The average molecular weight is 411 g/mol. The van der Waals surface area contributed by atoms with Crippen molar-refractivity contribution in [3.63, 3.8) is 0 Å². The lowest BCUT2D eigenvalue weighted by atomic mass is 10.2. The quantitative estimate of drug-likeness (QED) is 0.314. The van der Waals surface area contributed by atoms with Crippen LogP contribution in [0, 0.1) is 0 Å². The normalized spacial score (nSPS) is 12.3. The fraction of sp³-hybridized carbons (Fsp3) is 0.739. The Morgan fingerprint density at radius 1 is 0.966 bits per heavy atom. The number of benzene rings is 1. The molecule has 5 N–H and O–H groups in total. The zero-order valence-electron chi connectivity index (χ0n) is 19.5. The highest BCUT2D eigenvalue weighted by atomic mass is 16.5. The van der Waals surface area contributed by atoms with Crippen molar-refractivity contribution in [1.29, 1.82) is 0 Å². The van der Waals surface area contributed by atoms with Crippen LogP contribution in [0.4, 0.5) is 11.4 Å². The fourth-order valence-electron chi connectivity index (χ4n) is 2.60. The Morgan fingerprint density at radius 2 is 1.66 bits per heavy atom. The first kappa shape index (κ1) is 27.3. The Hall–Kier alpha value is -1.66. The number of hydrogen-bond donors (Lipinski definition) is 4. The number of nitrogen functional groups attached to an aromatic ring is 1. The summed E-state index contributed by atoms with van der Waals surface area (Å²) in [4.78, 5) is 0. The summed E-state index contributed by atoms with van der Waals surface area (Å²) in [6.07, 6.45) is 6.00. The summed E-state index contributed by atoms with van der Waals surface area (Å²) < 4.78 is 11.2. The predicted octanol–water partition coefficient (Wildman–Crippen LogP) is 4.65. The van der Waals surface area contributed by atoms with Crippen molar-refractivity contribution >= 4 is 11.4 Å². The molecule has 1 aromatic rings. The summed E-state index contributed by atoms with van der Waals surface area (Å²) in [6, 6.07) is 3.80. The molecule has 170 valence electrons. The highest BCUT2D eigenvalue weighted by Crippen LogP contribution is 2.35. The van der Waals surface area contributed by atoms with Gasteiger partial charge in [0.15, 0.2) is 0 Å². The van der Waals surface area contributed by atoms with E-state index in [0.717, 1.165) is 50.3 Å². The van der Waals surface area contributed by atoms with Gasteiger partial charge >= 0.3 is 0 Å². The summed E-state index contributed by atoms with van der Waals surface area (Å²) >= 11 is 0. The Morgan fingerprint density at radius 3 is 2.10 bits per heavy atom. The van der Waals surface area contributed by atoms with E-state index >= 15 is 0 Å². The van der Waals surface area contributed by atoms with Gasteiger partial charge < -0.3 is 31.2 Å². The summed E-state index contributed by atoms with van der Waals surface area (Å²) in [5, 5.41) is 9.68. The monoisotopic (exact) mass is 410 g/mol. The van der Waals surface area contributed by atoms with E-state index in [1.165, 1.54) is 25.9 Å². The minimum Gasteiger partial charge on any atom is -0.494 e. The highest BCUT2D eigenvalue weighted by Gasteiger charge is 2.10. The second kappa shape index (κ2) is 19.6. The molecule has 0 bridgehead atoms. The van der Waals surface area contributed by atoms with E-state index in [9.17, 15) is 0 Å². The van der Waals surface area contributed by atoms with Crippen molar-refractivity contribution in [3.8, 4) is 11.5 Å². The maximum atomic E-state index is 6.13. The first-order chi connectivity index (χ1) is 14.1. The molecule has 29 heavy (non-hydrogen) atoms. The van der Waals surface area contributed by atoms with Crippen LogP contribution in [0.1, 0.15) is 66.7 Å². The van der Waals surface area contributed by atoms with Crippen LogP contribution in [-0.4, -0.2) is 45.9 Å². The Bertz CT molecular complexity index is 484. The molecule has 1 saturated heterocycles. The molecule has 0 aromatic heterocycles. The Labute approximate surface area is 179 Å². The molecule has 1 fully saturated rings. The smallest absolute Gasteiger partial charge is 0.147 e. The molecule has 0 amide bonds. The van der Waals surface area contributed by atoms with E-state index in [2.05, 4.69) is 43.6 Å². The first-order valence-corrected chi connectivity index (χ1v) is 11.5. The summed E-state index contributed by atoms with van der Waals surface area (Å²) in [5.41, 5.74) is 7.68. The van der Waals surface area contributed by atoms with Gasteiger partial charge in [-0.3, -0.25) is 0 Å². The number of unbranched alkanes of at least 4 members (excludes halogenated alkanes) is 1. The van der Waals surface area contributed by atoms with Crippen LogP contribution >= 0.6 is 0 Å². The molecule has 1 heterocycles. The molecule has 1 aliphatic heterocycles. The third-order valence-corrected chi connectivity index (χ3v) is 4.19. The van der Waals surface area contributed by atoms with Crippen LogP contribution in [0.25, 0.3) is 0 Å². The lowest BCUT2D eigenvalue weighted by Gasteiger charge is -2.16. The van der Waals surface area contributed by atoms with Crippen molar-refractivity contribution in [1.82, 2.24) is 10.6 Å². The second-order valence-corrected chi connectivity index (χ2v) is 6.86. The van der Waals surface area contributed by atoms with E-state index < -0.39 is 0 Å². The molecule has 0 saturated carbocycles. The van der Waals surface area contributed by atoms with Crippen molar-refractivity contribution in [3.05, 3.63) is 12.1 Å². The Balaban J connectivity index is 0.000000637. The molecular weight excluding hydrogens is 364 g/mol. The molecule has 0 aliphatic carbocycles. The molecule has 1 aliphatic rings. The van der Waals surface area contributed by atoms with Gasteiger partial charge in [-0.25, -0.2) is 0 Å². The number of hydrogen-bond acceptors (Lipinski definition) is 6. The summed E-state index contributed by atoms with van der Waals surface area (Å²) in [7, 11) is 0. The molecule has 0 spiro atoms. The molecule has 0 unspecified atom stereocenters. The topological polar surface area (TPSA) is 80.6 Å². The highest BCUT2D eigenvalue weighted by molar-refractivity contribution is 5.75. The molecule has 2 rings (SSSR count). The van der Waals surface area contributed by atoms with Gasteiger partial charge in [-0.2, -0.15) is 0 Å². The van der Waals surface area contributed by atoms with E-state index in [-0.39, 0.29) is 0 Å². The van der Waals surface area contributed by atoms with Gasteiger partial charge in [0.25, 0.3) is 0 Å². The van der Waals surface area contributed by atoms with Crippen LogP contribution in [0.5, 0.6) is 11.5 Å². The minimum atomic E-state index is 0.630. The molecule has 0 radical (unpaired) electrons. The minimum absolute atomic E-state index is 0.630. The van der Waals surface area contributed by atoms with Gasteiger partial charge in [-0.05, 0) is 58.8 Å². The van der Waals surface area contributed by atoms with E-state index in [0.29, 0.717) is 24.7 Å². The van der Waals surface area contributed by atoms with Crippen molar-refractivity contribution in [2.45, 2.75) is 66.7 Å². The number of nitrogens with two attached hydrogens (primary N) is 1. The average Bonchev–Trinajstić information content (AvgIpc) is 3.31. The molecule has 6 heteroatoms. The second-order valence-electron chi connectivity index (χ2n) is 6.86. The van der Waals surface area contributed by atoms with Crippen LogP contribution < -0.4 is 31.2 Å². The number of rotatable bonds is 11. The van der Waals surface area contributed by atoms with E-state index in [1.807, 2.05) is 19.1 Å². The van der Waals surface area contributed by atoms with Gasteiger partial charge in [-0.15, -0.1) is 0 Å². The van der Waals surface area contributed by atoms with Crippen molar-refractivity contribution < 1.29 is 9.47 Å². The van der Waals surface area contributed by atoms with Crippen LogP contribution in [0.15, 0.2) is 12.1 Å². The van der Waals surface area contributed by atoms with Crippen molar-refractivity contribution in [2.75, 3.05) is 57.0 Å². The summed E-state index contributed by atoms with van der Waals surface area (Å²) in [6.45, 7) is 17.3. The molecule has 1 aromatic carbocycles. The van der Waals surface area contributed by atoms with Gasteiger partial charge in [0.2, 0.25) is 0 Å². The third kappa shape index (κ3) is 14.0. The summed E-state index contributed by atoms with van der Waals surface area (Å²) in [5.74, 6) is 1.49. The van der Waals surface area contributed by atoms with Crippen LogP contribution in [0.2, 0.25) is 0 Å². The van der Waals surface area contributed by atoms with Crippen LogP contribution in [-0.2, 0) is 0 Å². The zero-order chi connectivity index (χ0) is 21.7. The van der Waals surface area contributed by atoms with Gasteiger partial charge in [0.1, 0.15) is 11.5 Å². The largest absolute Gasteiger partial charge is 0.494 e. The maximum absolute atomic E-state index is 6.13. The van der Waals surface area contributed by atoms with Crippen molar-refractivity contribution in [2.24, 2.45) is 0 Å². The lowest BCUT2D eigenvalue weighted by Crippen LogP contribution is -2.09. The number of anilines is 2. The number of nitrogens with one attached hydrogen (secondary N) is 3. The lowest BCUT2D eigenvalue weighted by molar-refractivity contribution is 0.310. The first-order valence-electron chi connectivity index (χ1n) is 11.5. The molecule has 6 nitrogen and oxygen atoms in total. The molecular formula is C23H46N4O2. The van der Waals surface area contributed by atoms with Gasteiger partial charge in [0.05, 0.1) is 24.6 Å². The number of ether oxygens (including phenoxy) is 2. The van der Waals surface area contributed by atoms with Crippen LogP contribution in [0.3, 0.4) is 0 Å². The SMILES string of the molecule is C1CCNC1.CCCCNc1cc(OCC)cc(OCCC)c1N.CCNCC.